The van der Waals surface area contributed by atoms with Gasteiger partial charge in [0, 0.05) is 18.1 Å². The third-order valence-corrected chi connectivity index (χ3v) is 7.51. The van der Waals surface area contributed by atoms with Gasteiger partial charge in [-0.25, -0.2) is 8.42 Å². The highest BCUT2D eigenvalue weighted by Crippen LogP contribution is 2.33. The van der Waals surface area contributed by atoms with Gasteiger partial charge in [0.1, 0.15) is 6.54 Å². The quantitative estimate of drug-likeness (QED) is 0.681. The second-order valence-corrected chi connectivity index (χ2v) is 9.98. The van der Waals surface area contributed by atoms with Gasteiger partial charge in [-0.2, -0.15) is 0 Å². The number of rotatable bonds is 4. The molecular formula is C17H17ClN2O5S2. The maximum Gasteiger partial charge on any atom is 0.294 e. The SMILES string of the molecule is CN(C(=O)CN1C(=O)S/C(=C\c2ccccc2Cl)C1=O)[C@@H]1CCS(=O)(=O)C1. The number of carbonyl (C=O) groups is 3. The summed E-state index contributed by atoms with van der Waals surface area (Å²) in [4.78, 5) is 39.5. The van der Waals surface area contributed by atoms with E-state index in [1.54, 1.807) is 24.3 Å². The van der Waals surface area contributed by atoms with E-state index in [1.165, 1.54) is 18.0 Å². The van der Waals surface area contributed by atoms with Crippen LogP contribution >= 0.6 is 23.4 Å². The van der Waals surface area contributed by atoms with Gasteiger partial charge in [0.05, 0.1) is 16.4 Å². The van der Waals surface area contributed by atoms with E-state index in [1.807, 2.05) is 0 Å². The van der Waals surface area contributed by atoms with E-state index >= 15 is 0 Å². The molecule has 7 nitrogen and oxygen atoms in total. The van der Waals surface area contributed by atoms with E-state index in [2.05, 4.69) is 0 Å². The van der Waals surface area contributed by atoms with Crippen molar-refractivity contribution in [2.24, 2.45) is 0 Å². The number of thioether (sulfide) groups is 1. The Morgan fingerprint density at radius 2 is 2.07 bits per heavy atom. The zero-order valence-corrected chi connectivity index (χ0v) is 16.8. The number of hydrogen-bond acceptors (Lipinski definition) is 6. The highest BCUT2D eigenvalue weighted by molar-refractivity contribution is 8.18. The van der Waals surface area contributed by atoms with Crippen molar-refractivity contribution in [3.8, 4) is 0 Å². The number of hydrogen-bond donors (Lipinski definition) is 0. The molecule has 27 heavy (non-hydrogen) atoms. The maximum absolute atomic E-state index is 12.5. The van der Waals surface area contributed by atoms with Gasteiger partial charge in [-0.05, 0) is 35.9 Å². The van der Waals surface area contributed by atoms with Crippen molar-refractivity contribution in [1.82, 2.24) is 9.80 Å². The van der Waals surface area contributed by atoms with Crippen LogP contribution in [0.15, 0.2) is 29.2 Å². The second-order valence-electron chi connectivity index (χ2n) is 6.35. The molecule has 1 atom stereocenters. The summed E-state index contributed by atoms with van der Waals surface area (Å²) < 4.78 is 23.2. The summed E-state index contributed by atoms with van der Waals surface area (Å²) in [6, 6.07) is 6.47. The Morgan fingerprint density at radius 3 is 2.70 bits per heavy atom. The molecule has 2 aliphatic heterocycles. The first-order valence-corrected chi connectivity index (χ1v) is 11.2. The Morgan fingerprint density at radius 1 is 1.37 bits per heavy atom. The van der Waals surface area contributed by atoms with E-state index in [0.29, 0.717) is 17.0 Å². The van der Waals surface area contributed by atoms with Crippen LogP contribution in [0, 0.1) is 0 Å². The standard InChI is InChI=1S/C17H17ClN2O5S2/c1-19(12-6-7-27(24,25)10-12)15(21)9-20-16(22)14(26-17(20)23)8-11-4-2-3-5-13(11)18/h2-5,8,12H,6-7,9-10H2,1H3/b14-8-/t12-/m1/s1. The number of halogens is 1. The third kappa shape index (κ3) is 4.36. The van der Waals surface area contributed by atoms with Gasteiger partial charge in [-0.3, -0.25) is 19.3 Å². The van der Waals surface area contributed by atoms with Crippen LogP contribution in [0.4, 0.5) is 4.79 Å². The van der Waals surface area contributed by atoms with Gasteiger partial charge in [0.25, 0.3) is 11.1 Å². The summed E-state index contributed by atoms with van der Waals surface area (Å²) in [7, 11) is -1.64. The first-order valence-electron chi connectivity index (χ1n) is 8.14. The van der Waals surface area contributed by atoms with Crippen molar-refractivity contribution in [1.29, 1.82) is 0 Å². The van der Waals surface area contributed by atoms with Gasteiger partial charge in [-0.15, -0.1) is 0 Å². The van der Waals surface area contributed by atoms with E-state index in [4.69, 9.17) is 11.6 Å². The van der Waals surface area contributed by atoms with Gasteiger partial charge >= 0.3 is 0 Å². The lowest BCUT2D eigenvalue weighted by Crippen LogP contribution is -2.45. The van der Waals surface area contributed by atoms with E-state index in [9.17, 15) is 22.8 Å². The van der Waals surface area contributed by atoms with Crippen molar-refractivity contribution in [3.05, 3.63) is 39.8 Å². The highest BCUT2D eigenvalue weighted by atomic mass is 35.5. The molecule has 0 aliphatic carbocycles. The first-order chi connectivity index (χ1) is 12.7. The number of amides is 3. The molecule has 1 aromatic rings. The minimum absolute atomic E-state index is 0.0391. The molecule has 10 heteroatoms. The van der Waals surface area contributed by atoms with Crippen molar-refractivity contribution in [3.63, 3.8) is 0 Å². The van der Waals surface area contributed by atoms with Crippen LogP contribution in [-0.4, -0.2) is 66.4 Å². The van der Waals surface area contributed by atoms with Crippen LogP contribution in [-0.2, 0) is 19.4 Å². The number of benzene rings is 1. The van der Waals surface area contributed by atoms with Crippen LogP contribution < -0.4 is 0 Å². The molecule has 1 aromatic carbocycles. The van der Waals surface area contributed by atoms with Crippen molar-refractivity contribution < 1.29 is 22.8 Å². The molecule has 3 amide bonds. The Balaban J connectivity index is 1.70. The monoisotopic (exact) mass is 428 g/mol. The zero-order chi connectivity index (χ0) is 19.8. The number of nitrogens with zero attached hydrogens (tertiary/aromatic N) is 2. The van der Waals surface area contributed by atoms with Crippen LogP contribution in [0.1, 0.15) is 12.0 Å². The Bertz CT molecular complexity index is 944. The summed E-state index contributed by atoms with van der Waals surface area (Å²) in [6.45, 7) is -0.419. The van der Waals surface area contributed by atoms with Crippen molar-refractivity contribution in [2.75, 3.05) is 25.1 Å². The Labute approximate surface area is 166 Å². The fourth-order valence-corrected chi connectivity index (χ4v) is 5.69. The molecular weight excluding hydrogens is 412 g/mol. The van der Waals surface area contributed by atoms with Crippen molar-refractivity contribution >= 4 is 56.3 Å². The molecule has 0 aromatic heterocycles. The predicted octanol–water partition coefficient (Wildman–Crippen LogP) is 2.02. The van der Waals surface area contributed by atoms with Gasteiger partial charge in [0.15, 0.2) is 9.84 Å². The second kappa shape index (κ2) is 7.65. The highest BCUT2D eigenvalue weighted by Gasteiger charge is 2.39. The maximum atomic E-state index is 12.5. The molecule has 2 saturated heterocycles. The summed E-state index contributed by atoms with van der Waals surface area (Å²) in [5, 5.41) is -0.0957. The van der Waals surface area contributed by atoms with Gasteiger partial charge < -0.3 is 4.90 Å². The fourth-order valence-electron chi connectivity index (χ4n) is 2.90. The predicted molar refractivity (Wildman–Crippen MR) is 104 cm³/mol. The van der Waals surface area contributed by atoms with E-state index in [0.717, 1.165) is 16.7 Å². The number of sulfone groups is 1. The van der Waals surface area contributed by atoms with Crippen LogP contribution in [0.3, 0.4) is 0 Å². The number of imide groups is 1. The molecule has 3 rings (SSSR count). The Kier molecular flexibility index (Phi) is 5.64. The third-order valence-electron chi connectivity index (χ3n) is 4.51. The lowest BCUT2D eigenvalue weighted by Gasteiger charge is -2.25. The summed E-state index contributed by atoms with van der Waals surface area (Å²) >= 11 is 6.82. The normalized spacial score (nSPS) is 23.3. The molecule has 0 spiro atoms. The van der Waals surface area contributed by atoms with Gasteiger partial charge in [-0.1, -0.05) is 29.8 Å². The largest absolute Gasteiger partial charge is 0.340 e. The Hall–Kier alpha value is -1.84. The molecule has 0 bridgehead atoms. The molecule has 0 unspecified atom stereocenters. The average molecular weight is 429 g/mol. The molecule has 2 fully saturated rings. The fraction of sp³-hybridized carbons (Fsp3) is 0.353. The lowest BCUT2D eigenvalue weighted by atomic mass is 10.2. The van der Waals surface area contributed by atoms with Gasteiger partial charge in [0.2, 0.25) is 5.91 Å². The zero-order valence-electron chi connectivity index (χ0n) is 14.4. The van der Waals surface area contributed by atoms with E-state index in [-0.39, 0.29) is 16.4 Å². The molecule has 0 saturated carbocycles. The van der Waals surface area contributed by atoms with Crippen LogP contribution in [0.5, 0.6) is 0 Å². The topological polar surface area (TPSA) is 91.8 Å². The van der Waals surface area contributed by atoms with E-state index < -0.39 is 39.5 Å². The summed E-state index contributed by atoms with van der Waals surface area (Å²) in [5.74, 6) is -1.09. The minimum atomic E-state index is -3.14. The molecule has 2 aliphatic rings. The lowest BCUT2D eigenvalue weighted by molar-refractivity contribution is -0.136. The molecule has 2 heterocycles. The van der Waals surface area contributed by atoms with Crippen molar-refractivity contribution in [2.45, 2.75) is 12.5 Å². The number of carbonyl (C=O) groups excluding carboxylic acids is 3. The summed E-state index contributed by atoms with van der Waals surface area (Å²) in [6.07, 6.45) is 1.88. The van der Waals surface area contributed by atoms with Crippen LogP contribution in [0.2, 0.25) is 5.02 Å². The molecule has 0 radical (unpaired) electrons. The molecule has 144 valence electrons. The minimum Gasteiger partial charge on any atom is -0.340 e. The summed E-state index contributed by atoms with van der Waals surface area (Å²) in [5.41, 5.74) is 0.601. The van der Waals surface area contributed by atoms with Crippen LogP contribution in [0.25, 0.3) is 6.08 Å². The average Bonchev–Trinajstić information content (AvgIpc) is 3.10. The molecule has 0 N–H and O–H groups in total. The smallest absolute Gasteiger partial charge is 0.294 e. The number of likely N-dealkylation sites (N-methyl/N-ethyl adjacent to an activating group) is 1. The first kappa shape index (κ1) is 19.9.